The number of carbonyl (C=O) groups is 3. The van der Waals surface area contributed by atoms with Gasteiger partial charge >= 0.3 is 65.1 Å². The van der Waals surface area contributed by atoms with Crippen molar-refractivity contribution in [3.8, 4) is 0 Å². The molecule has 102 valence electrons. The van der Waals surface area contributed by atoms with Crippen molar-refractivity contribution in [3.63, 3.8) is 0 Å². The van der Waals surface area contributed by atoms with Crippen molar-refractivity contribution in [1.29, 1.82) is 0 Å². The molecule has 0 aliphatic heterocycles. The van der Waals surface area contributed by atoms with E-state index in [0.29, 0.717) is 0 Å². The quantitative estimate of drug-likeness (QED) is 0.269. The van der Waals surface area contributed by atoms with Crippen LogP contribution in [-0.2, 0) is 19.1 Å². The second-order valence-electron chi connectivity index (χ2n) is 3.51. The first kappa shape index (κ1) is 24.9. The Hall–Kier alpha value is -0.0500. The molecule has 0 aliphatic rings. The van der Waals surface area contributed by atoms with E-state index < -0.39 is 30.4 Å². The van der Waals surface area contributed by atoms with E-state index in [-0.39, 0.29) is 77.8 Å². The molecule has 0 unspecified atom stereocenters. The average Bonchev–Trinajstić information content (AvgIpc) is 2.23. The fourth-order valence-electron chi connectivity index (χ4n) is 1.19. The van der Waals surface area contributed by atoms with Crippen molar-refractivity contribution in [3.05, 3.63) is 11.8 Å². The third-order valence-corrected chi connectivity index (χ3v) is 1.94. The summed E-state index contributed by atoms with van der Waals surface area (Å²) >= 11 is 0. The summed E-state index contributed by atoms with van der Waals surface area (Å²) in [5.74, 6) is -3.41. The van der Waals surface area contributed by atoms with Gasteiger partial charge in [-0.2, -0.15) is 0 Å². The van der Waals surface area contributed by atoms with Crippen LogP contribution in [0.15, 0.2) is 11.8 Å². The van der Waals surface area contributed by atoms with Crippen LogP contribution in [0.1, 0.15) is 26.7 Å². The first-order chi connectivity index (χ1) is 8.36. The Bertz CT molecular complexity index is 359. The molecule has 0 aliphatic carbocycles. The van der Waals surface area contributed by atoms with Crippen molar-refractivity contribution < 1.29 is 88.4 Å². The SMILES string of the molecule is CCOC(=O)C=C(C)N[C@@H](CCC(=O)[O-])C(=O)[O-].[Na+].[Na+]. The maximum absolute atomic E-state index is 11.1. The predicted octanol–water partition coefficient (Wildman–Crippen LogP) is -8.30. The Labute approximate surface area is 161 Å². The van der Waals surface area contributed by atoms with Gasteiger partial charge in [-0.05, 0) is 26.7 Å². The van der Waals surface area contributed by atoms with E-state index in [4.69, 9.17) is 0 Å². The summed E-state index contributed by atoms with van der Waals surface area (Å²) in [5, 5.41) is 23.4. The van der Waals surface area contributed by atoms with E-state index in [1.54, 1.807) is 6.92 Å². The van der Waals surface area contributed by atoms with Gasteiger partial charge in [0, 0.05) is 17.7 Å². The van der Waals surface area contributed by atoms with Gasteiger partial charge in [-0.15, -0.1) is 0 Å². The average molecular weight is 303 g/mol. The Morgan fingerprint density at radius 1 is 1.25 bits per heavy atom. The Morgan fingerprint density at radius 3 is 2.20 bits per heavy atom. The number of nitrogens with one attached hydrogen (secondary N) is 1. The second-order valence-corrected chi connectivity index (χ2v) is 3.51. The number of carboxylic acid groups (broad SMARTS) is 2. The van der Waals surface area contributed by atoms with Gasteiger partial charge in [-0.3, -0.25) is 0 Å². The van der Waals surface area contributed by atoms with Crippen molar-refractivity contribution in [2.45, 2.75) is 32.7 Å². The van der Waals surface area contributed by atoms with Gasteiger partial charge in [0.1, 0.15) is 0 Å². The first-order valence-electron chi connectivity index (χ1n) is 5.39. The van der Waals surface area contributed by atoms with E-state index in [2.05, 4.69) is 10.1 Å². The van der Waals surface area contributed by atoms with Gasteiger partial charge in [-0.25, -0.2) is 4.79 Å². The third kappa shape index (κ3) is 13.0. The molecule has 0 saturated carbocycles. The third-order valence-electron chi connectivity index (χ3n) is 1.94. The number of carbonyl (C=O) groups excluding carboxylic acids is 3. The number of hydrogen-bond donors (Lipinski definition) is 1. The normalized spacial score (nSPS) is 11.4. The number of hydrogen-bond acceptors (Lipinski definition) is 7. The molecule has 7 nitrogen and oxygen atoms in total. The van der Waals surface area contributed by atoms with Crippen LogP contribution in [-0.4, -0.2) is 30.6 Å². The van der Waals surface area contributed by atoms with Crippen LogP contribution in [0.25, 0.3) is 0 Å². The summed E-state index contributed by atoms with van der Waals surface area (Å²) in [5.41, 5.74) is 0.251. The number of allylic oxidation sites excluding steroid dienone is 1. The molecule has 0 amide bonds. The zero-order valence-electron chi connectivity index (χ0n) is 12.2. The number of ether oxygens (including phenoxy) is 1. The molecule has 1 N–H and O–H groups in total. The Morgan fingerprint density at radius 2 is 1.80 bits per heavy atom. The van der Waals surface area contributed by atoms with E-state index in [1.807, 2.05) is 0 Å². The van der Waals surface area contributed by atoms with Crippen LogP contribution in [0, 0.1) is 0 Å². The molecule has 20 heavy (non-hydrogen) atoms. The molecule has 0 fully saturated rings. The van der Waals surface area contributed by atoms with Crippen molar-refractivity contribution in [1.82, 2.24) is 5.32 Å². The molecule has 9 heteroatoms. The molecule has 0 radical (unpaired) electrons. The Kier molecular flexibility index (Phi) is 17.3. The molecule has 0 heterocycles. The maximum atomic E-state index is 11.1. The molecule has 0 aromatic rings. The van der Waals surface area contributed by atoms with Gasteiger partial charge < -0.3 is 29.9 Å². The van der Waals surface area contributed by atoms with E-state index in [9.17, 15) is 24.6 Å². The minimum Gasteiger partial charge on any atom is -0.550 e. The smallest absolute Gasteiger partial charge is 0.550 e. The zero-order chi connectivity index (χ0) is 14.1. The molecular formula is C11H15NNa2O6. The van der Waals surface area contributed by atoms with Gasteiger partial charge in [0.15, 0.2) is 0 Å². The molecule has 0 saturated heterocycles. The molecule has 0 aromatic carbocycles. The van der Waals surface area contributed by atoms with Crippen LogP contribution in [0.5, 0.6) is 0 Å². The predicted molar refractivity (Wildman–Crippen MR) is 56.6 cm³/mol. The molecule has 0 bridgehead atoms. The summed E-state index contributed by atoms with van der Waals surface area (Å²) in [6.07, 6.45) is 0.468. The number of aliphatic carboxylic acids is 2. The summed E-state index contributed by atoms with van der Waals surface area (Å²) in [6.45, 7) is 3.31. The standard InChI is InChI=1S/C11H17NO6.2Na/c1-3-18-10(15)6-7(2)12-8(11(16)17)4-5-9(13)14;;/h6,8,12H,3-5H2,1-2H3,(H,13,14)(H,16,17);;/q;2*+1/p-2/t8-;;/m0../s1. The minimum atomic E-state index is -1.45. The van der Waals surface area contributed by atoms with Gasteiger partial charge in [0.2, 0.25) is 0 Å². The zero-order valence-corrected chi connectivity index (χ0v) is 16.2. The van der Waals surface area contributed by atoms with Crippen molar-refractivity contribution in [2.75, 3.05) is 6.61 Å². The van der Waals surface area contributed by atoms with Crippen LogP contribution in [0.4, 0.5) is 0 Å². The monoisotopic (exact) mass is 303 g/mol. The fourth-order valence-corrected chi connectivity index (χ4v) is 1.19. The second kappa shape index (κ2) is 13.9. The summed E-state index contributed by atoms with van der Waals surface area (Å²) in [7, 11) is 0. The van der Waals surface area contributed by atoms with Crippen LogP contribution in [0.2, 0.25) is 0 Å². The summed E-state index contributed by atoms with van der Waals surface area (Å²) in [4.78, 5) is 32.0. The summed E-state index contributed by atoms with van der Waals surface area (Å²) < 4.78 is 4.63. The number of rotatable bonds is 8. The summed E-state index contributed by atoms with van der Waals surface area (Å²) in [6, 6.07) is -1.20. The van der Waals surface area contributed by atoms with Crippen LogP contribution in [0.3, 0.4) is 0 Å². The molecule has 0 aromatic heterocycles. The molecule has 0 rings (SSSR count). The number of carboxylic acids is 2. The molecule has 0 spiro atoms. The van der Waals surface area contributed by atoms with E-state index in [0.717, 1.165) is 6.08 Å². The fraction of sp³-hybridized carbons (Fsp3) is 0.545. The molecular weight excluding hydrogens is 288 g/mol. The molecule has 1 atom stereocenters. The number of esters is 1. The minimum absolute atomic E-state index is 0. The largest absolute Gasteiger partial charge is 1.00 e. The van der Waals surface area contributed by atoms with E-state index >= 15 is 0 Å². The topological polar surface area (TPSA) is 119 Å². The van der Waals surface area contributed by atoms with Crippen molar-refractivity contribution in [2.24, 2.45) is 0 Å². The maximum Gasteiger partial charge on any atom is 1.00 e. The van der Waals surface area contributed by atoms with Gasteiger partial charge in [0.25, 0.3) is 0 Å². The van der Waals surface area contributed by atoms with Gasteiger partial charge in [-0.1, -0.05) is 0 Å². The Balaban J connectivity index is -0.00000144. The van der Waals surface area contributed by atoms with Gasteiger partial charge in [0.05, 0.1) is 18.6 Å². The first-order valence-corrected chi connectivity index (χ1v) is 5.39. The van der Waals surface area contributed by atoms with Crippen molar-refractivity contribution >= 4 is 17.9 Å². The van der Waals surface area contributed by atoms with E-state index in [1.165, 1.54) is 6.92 Å². The van der Waals surface area contributed by atoms with Crippen LogP contribution < -0.4 is 74.6 Å². The van der Waals surface area contributed by atoms with Crippen LogP contribution >= 0.6 is 0 Å².